The van der Waals surface area contributed by atoms with Crippen LogP contribution >= 0.6 is 0 Å². The van der Waals surface area contributed by atoms with Crippen molar-refractivity contribution in [3.8, 4) is 11.5 Å². The molecule has 0 radical (unpaired) electrons. The van der Waals surface area contributed by atoms with Crippen molar-refractivity contribution in [3.05, 3.63) is 83.9 Å². The predicted molar refractivity (Wildman–Crippen MR) is 164 cm³/mol. The van der Waals surface area contributed by atoms with Crippen LogP contribution in [0.2, 0.25) is 0 Å². The molecular weight excluding hydrogens is 554 g/mol. The van der Waals surface area contributed by atoms with Gasteiger partial charge in [-0.3, -0.25) is 13.9 Å². The predicted octanol–water partition coefficient (Wildman–Crippen LogP) is 4.79. The number of nitrogens with zero attached hydrogens (tertiary/aromatic N) is 2. The van der Waals surface area contributed by atoms with Crippen LogP contribution in [0.1, 0.15) is 38.3 Å². The summed E-state index contributed by atoms with van der Waals surface area (Å²) in [6.07, 6.45) is 0.343. The zero-order valence-electron chi connectivity index (χ0n) is 25.2. The maximum absolute atomic E-state index is 14.2. The molecule has 0 aromatic heterocycles. The number of carbonyl (C=O) groups excluding carboxylic acids is 2. The number of rotatable bonds is 14. The van der Waals surface area contributed by atoms with Gasteiger partial charge in [0.1, 0.15) is 24.1 Å². The minimum Gasteiger partial charge on any atom is -0.497 e. The first-order valence-electron chi connectivity index (χ1n) is 13.9. The molecule has 0 unspecified atom stereocenters. The molecule has 1 atom stereocenters. The molecule has 3 rings (SSSR count). The van der Waals surface area contributed by atoms with Crippen LogP contribution in [0.3, 0.4) is 0 Å². The van der Waals surface area contributed by atoms with E-state index in [1.165, 1.54) is 37.3 Å². The van der Waals surface area contributed by atoms with Crippen LogP contribution in [0, 0.1) is 12.8 Å². The maximum atomic E-state index is 14.2. The topological polar surface area (TPSA) is 105 Å². The lowest BCUT2D eigenvalue weighted by molar-refractivity contribution is -0.140. The normalized spacial score (nSPS) is 12.0. The first-order chi connectivity index (χ1) is 20.0. The number of aryl methyl sites for hydroxylation is 1. The number of methoxy groups -OCH3 is 2. The van der Waals surface area contributed by atoms with Crippen LogP contribution in [0.25, 0.3) is 0 Å². The molecule has 3 aromatic rings. The Morgan fingerprint density at radius 3 is 2.17 bits per heavy atom. The fraction of sp³-hybridized carbons (Fsp3) is 0.375. The average molecular weight is 596 g/mol. The van der Waals surface area contributed by atoms with E-state index < -0.39 is 28.5 Å². The minimum absolute atomic E-state index is 0.0158. The van der Waals surface area contributed by atoms with Crippen LogP contribution in [0.15, 0.2) is 77.7 Å². The van der Waals surface area contributed by atoms with E-state index in [-0.39, 0.29) is 34.7 Å². The van der Waals surface area contributed by atoms with E-state index in [9.17, 15) is 18.0 Å². The monoisotopic (exact) mass is 595 g/mol. The van der Waals surface area contributed by atoms with Gasteiger partial charge in [-0.25, -0.2) is 8.42 Å². The Bertz CT molecular complexity index is 1440. The van der Waals surface area contributed by atoms with E-state index in [0.717, 1.165) is 15.4 Å². The zero-order chi connectivity index (χ0) is 30.9. The van der Waals surface area contributed by atoms with Crippen molar-refractivity contribution >= 4 is 27.5 Å². The maximum Gasteiger partial charge on any atom is 0.264 e. The molecule has 3 aromatic carbocycles. The van der Waals surface area contributed by atoms with Crippen LogP contribution in [0.4, 0.5) is 5.69 Å². The van der Waals surface area contributed by atoms with Gasteiger partial charge in [0.25, 0.3) is 10.0 Å². The largest absolute Gasteiger partial charge is 0.497 e. The summed E-state index contributed by atoms with van der Waals surface area (Å²) >= 11 is 0. The van der Waals surface area contributed by atoms with Crippen molar-refractivity contribution in [2.24, 2.45) is 5.92 Å². The molecule has 226 valence electrons. The number of amides is 2. The van der Waals surface area contributed by atoms with Crippen LogP contribution in [0.5, 0.6) is 11.5 Å². The molecule has 1 N–H and O–H groups in total. The lowest BCUT2D eigenvalue weighted by atomic mass is 10.1. The molecule has 42 heavy (non-hydrogen) atoms. The third-order valence-electron chi connectivity index (χ3n) is 6.81. The number of carbonyl (C=O) groups is 2. The molecule has 0 aliphatic carbocycles. The Kier molecular flexibility index (Phi) is 11.4. The summed E-state index contributed by atoms with van der Waals surface area (Å²) in [6.45, 7) is 7.68. The zero-order valence-corrected chi connectivity index (χ0v) is 26.0. The van der Waals surface area contributed by atoms with Crippen molar-refractivity contribution in [1.29, 1.82) is 0 Å². The molecule has 2 amide bonds. The van der Waals surface area contributed by atoms with Gasteiger partial charge in [-0.15, -0.1) is 0 Å². The van der Waals surface area contributed by atoms with Gasteiger partial charge >= 0.3 is 0 Å². The molecule has 0 saturated heterocycles. The van der Waals surface area contributed by atoms with Gasteiger partial charge in [0.2, 0.25) is 11.8 Å². The lowest BCUT2D eigenvalue weighted by Crippen LogP contribution is -2.52. The summed E-state index contributed by atoms with van der Waals surface area (Å²) in [5, 5.41) is 2.93. The summed E-state index contributed by atoms with van der Waals surface area (Å²) in [7, 11) is -1.36. The van der Waals surface area contributed by atoms with E-state index in [4.69, 9.17) is 9.47 Å². The third kappa shape index (κ3) is 8.03. The average Bonchev–Trinajstić information content (AvgIpc) is 2.98. The molecule has 0 fully saturated rings. The molecule has 9 nitrogen and oxygen atoms in total. The number of hydrogen-bond acceptors (Lipinski definition) is 6. The van der Waals surface area contributed by atoms with Crippen LogP contribution in [-0.4, -0.2) is 58.5 Å². The van der Waals surface area contributed by atoms with E-state index >= 15 is 0 Å². The standard InChI is InChI=1S/C32H41N3O6S/c1-7-28(32(37)33-20-23(2)3)34(21-25-11-9-8-10-12-25)31(36)22-35(29-19-26(40-5)15-18-30(29)41-6)42(38,39)27-16-13-24(4)14-17-27/h8-19,23,28H,7,20-22H2,1-6H3,(H,33,37)/t28-/m1/s1. The molecule has 0 bridgehead atoms. The number of sulfonamides is 1. The summed E-state index contributed by atoms with van der Waals surface area (Å²) in [4.78, 5) is 29.0. The van der Waals surface area contributed by atoms with E-state index in [0.29, 0.717) is 18.7 Å². The highest BCUT2D eigenvalue weighted by Gasteiger charge is 2.35. The number of hydrogen-bond donors (Lipinski definition) is 1. The molecule has 0 heterocycles. The van der Waals surface area contributed by atoms with Crippen molar-refractivity contribution in [2.45, 2.75) is 51.6 Å². The summed E-state index contributed by atoms with van der Waals surface area (Å²) < 4.78 is 40.2. The number of benzene rings is 3. The first kappa shape index (κ1) is 32.5. The SMILES string of the molecule is CC[C@H](C(=O)NCC(C)C)N(Cc1ccccc1)C(=O)CN(c1cc(OC)ccc1OC)S(=O)(=O)c1ccc(C)cc1. The third-order valence-corrected chi connectivity index (χ3v) is 8.58. The van der Waals surface area contributed by atoms with Gasteiger partial charge in [0.05, 0.1) is 24.8 Å². The van der Waals surface area contributed by atoms with Gasteiger partial charge < -0.3 is 19.7 Å². The quantitative estimate of drug-likeness (QED) is 0.288. The van der Waals surface area contributed by atoms with Gasteiger partial charge in [-0.1, -0.05) is 68.8 Å². The second kappa shape index (κ2) is 14.7. The molecule has 0 saturated carbocycles. The highest BCUT2D eigenvalue weighted by Crippen LogP contribution is 2.36. The second-order valence-electron chi connectivity index (χ2n) is 10.4. The summed E-state index contributed by atoms with van der Waals surface area (Å²) in [6, 6.07) is 19.7. The van der Waals surface area contributed by atoms with Crippen molar-refractivity contribution in [2.75, 3.05) is 31.6 Å². The Labute approximate surface area is 249 Å². The smallest absolute Gasteiger partial charge is 0.264 e. The van der Waals surface area contributed by atoms with Gasteiger partial charge in [0.15, 0.2) is 0 Å². The second-order valence-corrected chi connectivity index (χ2v) is 12.3. The van der Waals surface area contributed by atoms with E-state index in [2.05, 4.69) is 5.32 Å². The van der Waals surface area contributed by atoms with Gasteiger partial charge in [-0.05, 0) is 49.1 Å². The van der Waals surface area contributed by atoms with Crippen molar-refractivity contribution < 1.29 is 27.5 Å². The van der Waals surface area contributed by atoms with Gasteiger partial charge in [0, 0.05) is 19.2 Å². The Morgan fingerprint density at radius 1 is 0.929 bits per heavy atom. The highest BCUT2D eigenvalue weighted by molar-refractivity contribution is 7.92. The Balaban J connectivity index is 2.12. The van der Waals surface area contributed by atoms with Crippen molar-refractivity contribution in [1.82, 2.24) is 10.2 Å². The molecule has 0 aliphatic rings. The fourth-order valence-corrected chi connectivity index (χ4v) is 5.88. The first-order valence-corrected chi connectivity index (χ1v) is 15.4. The van der Waals surface area contributed by atoms with Crippen LogP contribution in [-0.2, 0) is 26.2 Å². The number of ether oxygens (including phenoxy) is 2. The fourth-order valence-electron chi connectivity index (χ4n) is 4.46. The molecular formula is C32H41N3O6S. The number of nitrogens with one attached hydrogen (secondary N) is 1. The van der Waals surface area contributed by atoms with Crippen molar-refractivity contribution in [3.63, 3.8) is 0 Å². The van der Waals surface area contributed by atoms with E-state index in [1.54, 1.807) is 24.3 Å². The summed E-state index contributed by atoms with van der Waals surface area (Å²) in [5.74, 6) is 0.0346. The Morgan fingerprint density at radius 2 is 1.60 bits per heavy atom. The van der Waals surface area contributed by atoms with Crippen LogP contribution < -0.4 is 19.1 Å². The minimum atomic E-state index is -4.25. The lowest BCUT2D eigenvalue weighted by Gasteiger charge is -2.33. The number of anilines is 1. The van der Waals surface area contributed by atoms with Gasteiger partial charge in [-0.2, -0.15) is 0 Å². The molecule has 10 heteroatoms. The summed E-state index contributed by atoms with van der Waals surface area (Å²) in [5.41, 5.74) is 1.85. The Hall–Kier alpha value is -4.05. The highest BCUT2D eigenvalue weighted by atomic mass is 32.2. The van der Waals surface area contributed by atoms with E-state index in [1.807, 2.05) is 58.0 Å². The molecule has 0 aliphatic heterocycles. The molecule has 0 spiro atoms.